The van der Waals surface area contributed by atoms with Gasteiger partial charge in [-0.25, -0.2) is 19.3 Å². The number of anilines is 1. The van der Waals surface area contributed by atoms with Crippen molar-refractivity contribution in [1.82, 2.24) is 44.9 Å². The predicted molar refractivity (Wildman–Crippen MR) is 234 cm³/mol. The summed E-state index contributed by atoms with van der Waals surface area (Å²) in [6.07, 6.45) is 3.59. The van der Waals surface area contributed by atoms with Crippen molar-refractivity contribution in [3.05, 3.63) is 114 Å². The molecule has 5 heterocycles. The van der Waals surface area contributed by atoms with Gasteiger partial charge in [-0.3, -0.25) is 28.9 Å². The molecule has 16 nitrogen and oxygen atoms in total. The SMILES string of the molecule is CC(C)(C)NC(=O)[C@@H]1CN(Cc2cccnc2)CCN1C[C@@H](O)C[C@@H](Cc1ccccc1)C(=O)N[C@H]1c2ccccc2C[C@H]1O.Nc1ncnc2c1ncn2[C@@H]1O[C@H](CO)C[C@@H]1F. The number of aliphatic hydroxyl groups excluding tert-OH is 3. The maximum Gasteiger partial charge on any atom is 0.239 e. The van der Waals surface area contributed by atoms with Crippen LogP contribution in [0.2, 0.25) is 0 Å². The predicted octanol–water partition coefficient (Wildman–Crippen LogP) is 2.89. The van der Waals surface area contributed by atoms with Crippen LogP contribution in [0.1, 0.15) is 68.1 Å². The molecule has 2 aliphatic heterocycles. The number of ether oxygens (including phenoxy) is 1. The summed E-state index contributed by atoms with van der Waals surface area (Å²) in [6.45, 7) is 8.53. The van der Waals surface area contributed by atoms with Gasteiger partial charge in [0.25, 0.3) is 0 Å². The number of benzene rings is 2. The van der Waals surface area contributed by atoms with E-state index in [4.69, 9.17) is 15.6 Å². The normalized spacial score (nSPS) is 23.7. The van der Waals surface area contributed by atoms with Crippen molar-refractivity contribution in [3.8, 4) is 0 Å². The Morgan fingerprint density at radius 2 is 1.78 bits per heavy atom. The largest absolute Gasteiger partial charge is 0.394 e. The molecule has 7 N–H and O–H groups in total. The number of piperazine rings is 1. The van der Waals surface area contributed by atoms with E-state index in [1.165, 1.54) is 17.2 Å². The van der Waals surface area contributed by atoms with Crippen LogP contribution in [0.4, 0.5) is 10.2 Å². The van der Waals surface area contributed by atoms with Gasteiger partial charge in [0, 0.05) is 69.4 Å². The maximum atomic E-state index is 13.9. The summed E-state index contributed by atoms with van der Waals surface area (Å²) in [5, 5.41) is 37.5. The Morgan fingerprint density at radius 1 is 1.02 bits per heavy atom. The smallest absolute Gasteiger partial charge is 0.239 e. The Labute approximate surface area is 366 Å². The lowest BCUT2D eigenvalue weighted by Gasteiger charge is -2.42. The van der Waals surface area contributed by atoms with E-state index in [0.29, 0.717) is 43.6 Å². The number of imidazole rings is 1. The van der Waals surface area contributed by atoms with E-state index >= 15 is 0 Å². The van der Waals surface area contributed by atoms with Gasteiger partial charge < -0.3 is 36.4 Å². The summed E-state index contributed by atoms with van der Waals surface area (Å²) in [5.74, 6) is -0.540. The first-order valence-electron chi connectivity index (χ1n) is 21.5. The molecule has 336 valence electrons. The van der Waals surface area contributed by atoms with Crippen LogP contribution in [-0.2, 0) is 33.7 Å². The molecular formula is C46H59FN10O6. The number of nitrogens with two attached hydrogens (primary N) is 1. The average Bonchev–Trinajstić information content (AvgIpc) is 3.96. The van der Waals surface area contributed by atoms with Gasteiger partial charge in [-0.05, 0) is 61.9 Å². The molecule has 8 rings (SSSR count). The van der Waals surface area contributed by atoms with E-state index in [-0.39, 0.29) is 43.6 Å². The second kappa shape index (κ2) is 20.4. The molecule has 0 saturated carbocycles. The number of nitrogens with zero attached hydrogens (tertiary/aromatic N) is 7. The number of alkyl halides is 1. The zero-order valence-electron chi connectivity index (χ0n) is 36.0. The highest BCUT2D eigenvalue weighted by molar-refractivity contribution is 5.83. The van der Waals surface area contributed by atoms with Crippen molar-refractivity contribution in [2.75, 3.05) is 38.5 Å². The van der Waals surface area contributed by atoms with Crippen LogP contribution in [0.5, 0.6) is 0 Å². The van der Waals surface area contributed by atoms with Gasteiger partial charge in [0.2, 0.25) is 11.8 Å². The fourth-order valence-electron chi connectivity index (χ4n) is 8.68. The third-order valence-electron chi connectivity index (χ3n) is 11.7. The number of halogens is 1. The summed E-state index contributed by atoms with van der Waals surface area (Å²) < 4.78 is 20.7. The Hall–Kier alpha value is -5.43. The van der Waals surface area contributed by atoms with Crippen LogP contribution in [0.25, 0.3) is 11.2 Å². The van der Waals surface area contributed by atoms with Crippen LogP contribution >= 0.6 is 0 Å². The van der Waals surface area contributed by atoms with Crippen molar-refractivity contribution in [3.63, 3.8) is 0 Å². The van der Waals surface area contributed by atoms with Crippen LogP contribution in [0.15, 0.2) is 91.8 Å². The molecule has 8 atom stereocenters. The van der Waals surface area contributed by atoms with Gasteiger partial charge in [-0.1, -0.05) is 60.7 Å². The van der Waals surface area contributed by atoms with Crippen LogP contribution < -0.4 is 16.4 Å². The number of pyridine rings is 1. The third-order valence-corrected chi connectivity index (χ3v) is 11.7. The van der Waals surface area contributed by atoms with E-state index in [1.807, 2.05) is 93.7 Å². The number of hydrogen-bond acceptors (Lipinski definition) is 13. The standard InChI is InChI=1S/C36H47N5O4.C10H12FN5O2/c1-36(2,3)39-35(45)31-24-40(22-26-12-9-15-37-21-26)16-17-41(31)23-29(42)19-28(18-25-10-5-4-6-11-25)34(44)38-33-30-14-8-7-13-27(30)20-32(33)43;11-6-1-5(2-17)18-10(6)16-4-15-7-8(12)13-3-14-9(7)16/h4-15,21,28-29,31-33,42-43H,16-20,22-24H2,1-3H3,(H,38,44)(H,39,45);3-6,10,17H,1-2H2,(H2,12,13,14)/t28-,29+,31+,32-,33+;5-,6-,10+/m10/s1. The molecule has 1 aliphatic carbocycles. The molecule has 3 aliphatic rings. The molecule has 0 unspecified atom stereocenters. The Bertz CT molecular complexity index is 2280. The molecule has 63 heavy (non-hydrogen) atoms. The minimum Gasteiger partial charge on any atom is -0.394 e. The molecular weight excluding hydrogens is 808 g/mol. The van der Waals surface area contributed by atoms with E-state index in [9.17, 15) is 24.2 Å². The number of nitrogen functional groups attached to an aromatic ring is 1. The first kappa shape index (κ1) is 45.6. The van der Waals surface area contributed by atoms with Crippen molar-refractivity contribution < 1.29 is 34.0 Å². The first-order valence-corrected chi connectivity index (χ1v) is 21.5. The first-order chi connectivity index (χ1) is 30.3. The summed E-state index contributed by atoms with van der Waals surface area (Å²) in [7, 11) is 0. The minimum atomic E-state index is -1.21. The lowest BCUT2D eigenvalue weighted by Crippen LogP contribution is -2.61. The van der Waals surface area contributed by atoms with E-state index < -0.39 is 54.3 Å². The quantitative estimate of drug-likeness (QED) is 0.101. The topological polar surface area (TPSA) is 217 Å². The highest BCUT2D eigenvalue weighted by Crippen LogP contribution is 2.34. The van der Waals surface area contributed by atoms with Gasteiger partial charge >= 0.3 is 0 Å². The highest BCUT2D eigenvalue weighted by Gasteiger charge is 2.39. The second-order valence-electron chi connectivity index (χ2n) is 17.7. The van der Waals surface area contributed by atoms with Crippen molar-refractivity contribution in [2.24, 2.45) is 5.92 Å². The molecule has 5 aromatic rings. The van der Waals surface area contributed by atoms with Crippen molar-refractivity contribution >= 4 is 28.8 Å². The summed E-state index contributed by atoms with van der Waals surface area (Å²) in [5.41, 5.74) is 10.2. The molecule has 17 heteroatoms. The van der Waals surface area contributed by atoms with E-state index in [1.54, 1.807) is 6.20 Å². The zero-order chi connectivity index (χ0) is 44.7. The summed E-state index contributed by atoms with van der Waals surface area (Å²) >= 11 is 0. The Balaban J connectivity index is 0.000000273. The molecule has 0 spiro atoms. The number of amides is 2. The summed E-state index contributed by atoms with van der Waals surface area (Å²) in [4.78, 5) is 47.8. The minimum absolute atomic E-state index is 0.0712. The van der Waals surface area contributed by atoms with Gasteiger partial charge in [0.1, 0.15) is 24.1 Å². The van der Waals surface area contributed by atoms with Crippen LogP contribution in [0, 0.1) is 5.92 Å². The fourth-order valence-corrected chi connectivity index (χ4v) is 8.68. The number of carbonyl (C=O) groups excluding carboxylic acids is 2. The number of nitrogens with one attached hydrogen (secondary N) is 2. The molecule has 3 aromatic heterocycles. The van der Waals surface area contributed by atoms with Crippen molar-refractivity contribution in [1.29, 1.82) is 0 Å². The fraction of sp³-hybridized carbons (Fsp3) is 0.478. The van der Waals surface area contributed by atoms with Crippen molar-refractivity contribution in [2.45, 2.75) is 101 Å². The molecule has 2 fully saturated rings. The third kappa shape index (κ3) is 11.6. The Kier molecular flexibility index (Phi) is 14.8. The average molecular weight is 867 g/mol. The number of aromatic nitrogens is 5. The zero-order valence-corrected chi connectivity index (χ0v) is 36.0. The molecule has 2 aromatic carbocycles. The molecule has 0 radical (unpaired) electrons. The lowest BCUT2D eigenvalue weighted by atomic mass is 9.91. The monoisotopic (exact) mass is 866 g/mol. The number of carbonyl (C=O) groups is 2. The second-order valence-corrected chi connectivity index (χ2v) is 17.7. The highest BCUT2D eigenvalue weighted by atomic mass is 19.1. The van der Waals surface area contributed by atoms with E-state index in [2.05, 4.69) is 40.4 Å². The van der Waals surface area contributed by atoms with Gasteiger partial charge in [0.15, 0.2) is 17.7 Å². The number of aliphatic hydroxyl groups is 3. The molecule has 2 amide bonds. The van der Waals surface area contributed by atoms with Crippen LogP contribution in [-0.4, -0.2) is 130 Å². The van der Waals surface area contributed by atoms with Gasteiger partial charge in [-0.2, -0.15) is 0 Å². The lowest BCUT2D eigenvalue weighted by molar-refractivity contribution is -0.132. The number of β-amino-alcohol motifs (C(OH)–C–C–N with tert-alkyl or cyclic N) is 1. The van der Waals surface area contributed by atoms with Gasteiger partial charge in [-0.15, -0.1) is 0 Å². The van der Waals surface area contributed by atoms with Gasteiger partial charge in [0.05, 0.1) is 37.3 Å². The number of rotatable bonds is 13. The van der Waals surface area contributed by atoms with E-state index in [0.717, 1.165) is 28.8 Å². The molecule has 0 bridgehead atoms. The Morgan fingerprint density at radius 3 is 2.51 bits per heavy atom. The maximum absolute atomic E-state index is 13.9. The van der Waals surface area contributed by atoms with Crippen LogP contribution in [0.3, 0.4) is 0 Å². The molecule has 2 saturated heterocycles. The summed E-state index contributed by atoms with van der Waals surface area (Å²) in [6, 6.07) is 20.6. The number of hydrogen-bond donors (Lipinski definition) is 6. The number of fused-ring (bicyclic) bond motifs is 2.